The summed E-state index contributed by atoms with van der Waals surface area (Å²) in [7, 11) is 4.42. The van der Waals surface area contributed by atoms with Gasteiger partial charge in [0.1, 0.15) is 5.02 Å². The number of nitro benzene ring substituents is 1. The van der Waals surface area contributed by atoms with E-state index in [1.807, 2.05) is 0 Å². The molecule has 26 heavy (non-hydrogen) atoms. The molecule has 0 atom stereocenters. The normalized spacial score (nSPS) is 10.8. The monoisotopic (exact) mass is 374 g/mol. The van der Waals surface area contributed by atoms with Gasteiger partial charge < -0.3 is 14.2 Å². The number of halogens is 1. The first-order valence-corrected chi connectivity index (χ1v) is 7.69. The number of nitro groups is 1. The van der Waals surface area contributed by atoms with Crippen molar-refractivity contribution >= 4 is 28.9 Å². The maximum atomic E-state index is 11.0. The van der Waals surface area contributed by atoms with Crippen molar-refractivity contribution in [2.24, 2.45) is 0 Å². The highest BCUT2D eigenvalue weighted by molar-refractivity contribution is 6.32. The van der Waals surface area contributed by atoms with Crippen LogP contribution in [0.25, 0.3) is 11.6 Å². The molecule has 0 aliphatic heterocycles. The first kappa shape index (κ1) is 19.1. The van der Waals surface area contributed by atoms with Gasteiger partial charge in [0.25, 0.3) is 5.69 Å². The molecule has 0 amide bonds. The number of hydrogen-bond donors (Lipinski definition) is 0. The largest absolute Gasteiger partial charge is 0.493 e. The van der Waals surface area contributed by atoms with Crippen LogP contribution in [0.4, 0.5) is 5.69 Å². The highest BCUT2D eigenvalue weighted by atomic mass is 35.5. The van der Waals surface area contributed by atoms with E-state index in [1.165, 1.54) is 39.5 Å². The summed E-state index contributed by atoms with van der Waals surface area (Å²) in [6.07, 6.45) is 1.52. The van der Waals surface area contributed by atoms with Crippen LogP contribution in [-0.4, -0.2) is 26.3 Å². The summed E-state index contributed by atoms with van der Waals surface area (Å²) in [4.78, 5) is 10.4. The lowest BCUT2D eigenvalue weighted by Gasteiger charge is -2.13. The first-order valence-electron chi connectivity index (χ1n) is 7.31. The number of hydrogen-bond acceptors (Lipinski definition) is 6. The molecule has 0 radical (unpaired) electrons. The van der Waals surface area contributed by atoms with Crippen molar-refractivity contribution in [3.63, 3.8) is 0 Å². The Balaban J connectivity index is 2.59. The first-order chi connectivity index (χ1) is 12.4. The lowest BCUT2D eigenvalue weighted by atomic mass is 10.0. The van der Waals surface area contributed by atoms with E-state index in [4.69, 9.17) is 25.8 Å². The molecule has 7 nitrogen and oxygen atoms in total. The van der Waals surface area contributed by atoms with E-state index in [0.717, 1.165) is 0 Å². The van der Waals surface area contributed by atoms with Gasteiger partial charge in [0.15, 0.2) is 11.5 Å². The molecule has 134 valence electrons. The molecular weight excluding hydrogens is 360 g/mol. The minimum Gasteiger partial charge on any atom is -0.493 e. The van der Waals surface area contributed by atoms with Crippen molar-refractivity contribution in [1.29, 1.82) is 5.26 Å². The van der Waals surface area contributed by atoms with Crippen molar-refractivity contribution in [2.45, 2.75) is 0 Å². The van der Waals surface area contributed by atoms with Crippen molar-refractivity contribution in [3.05, 3.63) is 56.6 Å². The summed E-state index contributed by atoms with van der Waals surface area (Å²) in [5.74, 6) is 1.19. The van der Waals surface area contributed by atoms with Crippen LogP contribution in [-0.2, 0) is 0 Å². The van der Waals surface area contributed by atoms with Crippen LogP contribution in [0.5, 0.6) is 17.2 Å². The van der Waals surface area contributed by atoms with Gasteiger partial charge in [0.2, 0.25) is 5.75 Å². The Kier molecular flexibility index (Phi) is 6.04. The maximum Gasteiger partial charge on any atom is 0.288 e. The zero-order chi connectivity index (χ0) is 19.3. The van der Waals surface area contributed by atoms with Gasteiger partial charge in [0.05, 0.1) is 37.9 Å². The number of rotatable bonds is 6. The van der Waals surface area contributed by atoms with E-state index in [0.29, 0.717) is 28.4 Å². The lowest BCUT2D eigenvalue weighted by molar-refractivity contribution is -0.384. The number of methoxy groups -OCH3 is 3. The van der Waals surface area contributed by atoms with Gasteiger partial charge in [-0.25, -0.2) is 0 Å². The summed E-state index contributed by atoms with van der Waals surface area (Å²) >= 11 is 5.82. The quantitative estimate of drug-likeness (QED) is 0.323. The SMILES string of the molecule is COc1cc(/C(C#N)=C\c2ccc(Cl)c([N+](=O)[O-])c2)cc(OC)c1OC. The van der Waals surface area contributed by atoms with Gasteiger partial charge >= 0.3 is 0 Å². The average Bonchev–Trinajstić information content (AvgIpc) is 2.65. The van der Waals surface area contributed by atoms with Crippen molar-refractivity contribution < 1.29 is 19.1 Å². The summed E-state index contributed by atoms with van der Waals surface area (Å²) in [6.45, 7) is 0. The standard InChI is InChI=1S/C18H15ClN2O5/c1-24-16-8-12(9-17(25-2)18(16)26-3)13(10-20)6-11-4-5-14(19)15(7-11)21(22)23/h4-9H,1-3H3/b13-6-. The van der Waals surface area contributed by atoms with Gasteiger partial charge in [0, 0.05) is 6.07 Å². The topological polar surface area (TPSA) is 94.6 Å². The molecule has 2 aromatic carbocycles. The second-order valence-corrected chi connectivity index (χ2v) is 5.46. The van der Waals surface area contributed by atoms with Gasteiger partial charge in [-0.3, -0.25) is 10.1 Å². The Hall–Kier alpha value is -3.24. The highest BCUT2D eigenvalue weighted by Gasteiger charge is 2.16. The maximum absolute atomic E-state index is 11.0. The van der Waals surface area contributed by atoms with Crippen molar-refractivity contribution in [3.8, 4) is 23.3 Å². The minimum absolute atomic E-state index is 0.0263. The molecule has 0 aliphatic carbocycles. The Morgan fingerprint density at radius 2 is 1.77 bits per heavy atom. The van der Waals surface area contributed by atoms with E-state index in [9.17, 15) is 15.4 Å². The molecule has 8 heteroatoms. The van der Waals surface area contributed by atoms with Crippen molar-refractivity contribution in [1.82, 2.24) is 0 Å². The summed E-state index contributed by atoms with van der Waals surface area (Å²) in [6, 6.07) is 9.63. The fourth-order valence-electron chi connectivity index (χ4n) is 2.34. The van der Waals surface area contributed by atoms with Crippen LogP contribution >= 0.6 is 11.6 Å². The number of ether oxygens (including phenoxy) is 3. The summed E-state index contributed by atoms with van der Waals surface area (Å²) in [5, 5.41) is 20.6. The van der Waals surface area contributed by atoms with E-state index in [1.54, 1.807) is 18.2 Å². The number of benzene rings is 2. The fourth-order valence-corrected chi connectivity index (χ4v) is 2.53. The van der Waals surface area contributed by atoms with E-state index in [-0.39, 0.29) is 16.3 Å². The molecule has 0 saturated heterocycles. The van der Waals surface area contributed by atoms with Gasteiger partial charge in [-0.15, -0.1) is 0 Å². The molecule has 2 rings (SSSR count). The molecule has 0 aromatic heterocycles. The smallest absolute Gasteiger partial charge is 0.288 e. The Morgan fingerprint density at radius 3 is 2.23 bits per heavy atom. The molecule has 0 heterocycles. The third kappa shape index (κ3) is 3.87. The molecule has 0 bridgehead atoms. The minimum atomic E-state index is -0.578. The fraction of sp³-hybridized carbons (Fsp3) is 0.167. The molecule has 0 aliphatic rings. The molecular formula is C18H15ClN2O5. The zero-order valence-corrected chi connectivity index (χ0v) is 15.0. The van der Waals surface area contributed by atoms with Gasteiger partial charge in [-0.05, 0) is 35.4 Å². The van der Waals surface area contributed by atoms with Crippen LogP contribution in [0.15, 0.2) is 30.3 Å². The van der Waals surface area contributed by atoms with Gasteiger partial charge in [-0.1, -0.05) is 17.7 Å². The molecule has 0 spiro atoms. The lowest BCUT2D eigenvalue weighted by Crippen LogP contribution is -1.97. The second-order valence-electron chi connectivity index (χ2n) is 5.05. The predicted octanol–water partition coefficient (Wildman–Crippen LogP) is 4.34. The van der Waals surface area contributed by atoms with Crippen LogP contribution in [0.2, 0.25) is 5.02 Å². The van der Waals surface area contributed by atoms with Crippen LogP contribution in [0.3, 0.4) is 0 Å². The number of nitrogens with zero attached hydrogens (tertiary/aromatic N) is 2. The summed E-state index contributed by atoms with van der Waals surface area (Å²) in [5.41, 5.74) is 1.01. The Labute approximate surface area is 155 Å². The Bertz CT molecular complexity index is 893. The third-order valence-corrected chi connectivity index (χ3v) is 3.89. The molecule has 0 N–H and O–H groups in total. The average molecular weight is 375 g/mol. The molecule has 0 unspecified atom stereocenters. The van der Waals surface area contributed by atoms with Gasteiger partial charge in [-0.2, -0.15) is 5.26 Å². The van der Waals surface area contributed by atoms with Crippen LogP contribution in [0, 0.1) is 21.4 Å². The number of allylic oxidation sites excluding steroid dienone is 1. The highest BCUT2D eigenvalue weighted by Crippen LogP contribution is 2.40. The van der Waals surface area contributed by atoms with Crippen molar-refractivity contribution in [2.75, 3.05) is 21.3 Å². The van der Waals surface area contributed by atoms with Crippen LogP contribution in [0.1, 0.15) is 11.1 Å². The molecule has 2 aromatic rings. The molecule has 0 saturated carbocycles. The van der Waals surface area contributed by atoms with Crippen LogP contribution < -0.4 is 14.2 Å². The number of nitriles is 1. The molecule has 0 fully saturated rings. The summed E-state index contributed by atoms with van der Waals surface area (Å²) < 4.78 is 15.8. The third-order valence-electron chi connectivity index (χ3n) is 3.57. The second kappa shape index (κ2) is 8.23. The Morgan fingerprint density at radius 1 is 1.15 bits per heavy atom. The van der Waals surface area contributed by atoms with E-state index >= 15 is 0 Å². The zero-order valence-electron chi connectivity index (χ0n) is 14.3. The predicted molar refractivity (Wildman–Crippen MR) is 97.7 cm³/mol. The van der Waals surface area contributed by atoms with E-state index in [2.05, 4.69) is 6.07 Å². The van der Waals surface area contributed by atoms with E-state index < -0.39 is 4.92 Å².